The third-order valence-corrected chi connectivity index (χ3v) is 11.4. The molecule has 0 aromatic heterocycles. The minimum atomic E-state index is -1.50. The highest BCUT2D eigenvalue weighted by atomic mass is 16.7. The van der Waals surface area contributed by atoms with Gasteiger partial charge < -0.3 is 44.2 Å². The van der Waals surface area contributed by atoms with E-state index in [1.165, 1.54) is 33.3 Å². The zero-order valence-corrected chi connectivity index (χ0v) is 35.4. The lowest BCUT2D eigenvalue weighted by Gasteiger charge is -2.38. The van der Waals surface area contributed by atoms with Crippen LogP contribution in [0.15, 0.2) is 65.2 Å². The number of nitrogens with zero attached hydrogens (tertiary/aromatic N) is 2. The van der Waals surface area contributed by atoms with E-state index in [1.54, 1.807) is 103 Å². The number of fused-ring (bicyclic) bond motifs is 17. The third kappa shape index (κ3) is 8.75. The van der Waals surface area contributed by atoms with Crippen molar-refractivity contribution in [1.29, 1.82) is 0 Å². The van der Waals surface area contributed by atoms with Gasteiger partial charge in [0.15, 0.2) is 6.29 Å². The Morgan fingerprint density at radius 1 is 1.00 bits per heavy atom. The summed E-state index contributed by atoms with van der Waals surface area (Å²) >= 11 is 0. The van der Waals surface area contributed by atoms with Crippen molar-refractivity contribution in [3.05, 3.63) is 81.8 Å². The number of hydrogen-bond acceptors (Lipinski definition) is 12. The zero-order valence-electron chi connectivity index (χ0n) is 35.4. The summed E-state index contributed by atoms with van der Waals surface area (Å²) in [6.07, 6.45) is 4.59. The molecule has 0 fully saturated rings. The van der Waals surface area contributed by atoms with Gasteiger partial charge in [0.25, 0.3) is 5.91 Å². The molecule has 59 heavy (non-hydrogen) atoms. The number of hydrogen-bond donors (Lipinski definition) is 4. The number of para-hydroxylation sites is 2. The number of rotatable bonds is 3. The van der Waals surface area contributed by atoms with Gasteiger partial charge in [0.1, 0.15) is 23.3 Å². The topological polar surface area (TPSA) is 196 Å². The molecule has 1 aliphatic carbocycles. The summed E-state index contributed by atoms with van der Waals surface area (Å²) in [6.45, 7) is 14.5. The number of nitrogens with one attached hydrogen (secondary N) is 1. The van der Waals surface area contributed by atoms with Gasteiger partial charge in [-0.2, -0.15) is 0 Å². The highest BCUT2D eigenvalue weighted by Gasteiger charge is 2.40. The molecule has 0 saturated heterocycles. The smallest absolute Gasteiger partial charge is 0.302 e. The first-order valence-corrected chi connectivity index (χ1v) is 19.6. The standard InChI is InChI=1S/C45H55N3O11/c1-22-15-14-16-23(2)44(55)47-36-37-35(46-30-17-12-13-18-31(30)48(37)10)33-29(21-49)43(27(6)40(53)34(33)41(36)54)59-45(8,9)57-20-19-32(56-11)24(3)42(58-28(7)50)26(5)39(52)25(4)38(22)51/h12-22,24-26,32,38-39,42,51-53H,1-11H3,(H,47,55)/b15-14+,20-19+,23-16-/t22-,24+,25+,26+,32-,38-,39+,42+/m0/s1. The Morgan fingerprint density at radius 3 is 2.32 bits per heavy atom. The van der Waals surface area contributed by atoms with Gasteiger partial charge in [-0.05, 0) is 32.1 Å². The summed E-state index contributed by atoms with van der Waals surface area (Å²) in [4.78, 5) is 58.8. The Kier molecular flexibility index (Phi) is 13.4. The monoisotopic (exact) mass is 813 g/mol. The van der Waals surface area contributed by atoms with Crippen LogP contribution in [0.2, 0.25) is 0 Å². The number of phenolic OH excluding ortho intramolecular Hbond substituents is 1. The van der Waals surface area contributed by atoms with Crippen LogP contribution in [-0.2, 0) is 30.8 Å². The number of amides is 1. The van der Waals surface area contributed by atoms with Crippen LogP contribution < -0.4 is 15.5 Å². The summed E-state index contributed by atoms with van der Waals surface area (Å²) in [6, 6.07) is 7.16. The molecule has 6 rings (SSSR count). The molecule has 4 aliphatic rings. The number of methoxy groups -OCH3 is 1. The Labute approximate surface area is 343 Å². The predicted molar refractivity (Wildman–Crippen MR) is 224 cm³/mol. The van der Waals surface area contributed by atoms with Gasteiger partial charge >= 0.3 is 5.97 Å². The third-order valence-electron chi connectivity index (χ3n) is 11.4. The molecule has 1 amide bonds. The van der Waals surface area contributed by atoms with Gasteiger partial charge in [-0.3, -0.25) is 19.2 Å². The number of ether oxygens (including phenoxy) is 4. The number of aldehydes is 1. The Bertz CT molecular complexity index is 2380. The van der Waals surface area contributed by atoms with Crippen LogP contribution >= 0.6 is 0 Å². The van der Waals surface area contributed by atoms with Crippen molar-refractivity contribution < 1.29 is 48.7 Å². The van der Waals surface area contributed by atoms with Crippen molar-refractivity contribution in [1.82, 2.24) is 9.55 Å². The molecule has 4 bridgehead atoms. The molecule has 0 unspecified atom stereocenters. The fraction of sp³-hybridized carbons (Fsp3) is 0.444. The quantitative estimate of drug-likeness (QED) is 0.0778. The second kappa shape index (κ2) is 17.7. The first kappa shape index (κ1) is 44.5. The number of aliphatic hydroxyl groups is 2. The van der Waals surface area contributed by atoms with E-state index >= 15 is 0 Å². The lowest BCUT2D eigenvalue weighted by atomic mass is 9.78. The second-order valence-electron chi connectivity index (χ2n) is 16.0. The van der Waals surface area contributed by atoms with Crippen LogP contribution in [0.5, 0.6) is 11.5 Å². The minimum Gasteiger partial charge on any atom is -0.507 e. The molecule has 8 atom stereocenters. The van der Waals surface area contributed by atoms with Crippen LogP contribution in [0.3, 0.4) is 0 Å². The summed E-state index contributed by atoms with van der Waals surface area (Å²) in [5.41, 5.74) is 0.779. The van der Waals surface area contributed by atoms with Crippen LogP contribution in [-0.4, -0.2) is 80.3 Å². The van der Waals surface area contributed by atoms with E-state index in [0.29, 0.717) is 17.3 Å². The molecule has 0 radical (unpaired) electrons. The average Bonchev–Trinajstić information content (AvgIpc) is 3.19. The summed E-state index contributed by atoms with van der Waals surface area (Å²) in [7, 11) is 3.18. The molecule has 3 aliphatic heterocycles. The predicted octanol–water partition coefficient (Wildman–Crippen LogP) is 6.33. The molecule has 14 nitrogen and oxygen atoms in total. The number of esters is 1. The SMILES string of the molecule is CO[C@H]1/C=C/OC(C)(C)Oc2c(C)c(O)c3c(=O)c(c4n(C)c5ccccc5nc-4c3c2C=O)NC(=O)/C(C)=C\C=C\[C@H](C)[C@H](O)[C@@H](C)[C@@H](O)[C@@H](C)[C@H](OC(C)=O)[C@@H]1C. The highest BCUT2D eigenvalue weighted by molar-refractivity contribution is 6.16. The molecule has 0 saturated carbocycles. The maximum atomic E-state index is 14.6. The van der Waals surface area contributed by atoms with Crippen molar-refractivity contribution in [3.63, 3.8) is 0 Å². The van der Waals surface area contributed by atoms with Crippen molar-refractivity contribution in [2.24, 2.45) is 30.7 Å². The molecule has 3 heterocycles. The van der Waals surface area contributed by atoms with E-state index in [9.17, 15) is 34.5 Å². The first-order chi connectivity index (χ1) is 27.8. The Hall–Kier alpha value is -5.57. The molecule has 2 aromatic carbocycles. The number of benzene rings is 3. The molecule has 0 spiro atoms. The van der Waals surface area contributed by atoms with Crippen molar-refractivity contribution in [3.8, 4) is 22.9 Å². The minimum absolute atomic E-state index is 0.0207. The fourth-order valence-corrected chi connectivity index (χ4v) is 7.90. The summed E-state index contributed by atoms with van der Waals surface area (Å²) in [5, 5.41) is 37.3. The number of aromatic nitrogens is 2. The molecular formula is C45H55N3O11. The normalized spacial score (nSPS) is 27.9. The highest BCUT2D eigenvalue weighted by Crippen LogP contribution is 2.45. The van der Waals surface area contributed by atoms with Crippen LogP contribution in [0.4, 0.5) is 5.69 Å². The van der Waals surface area contributed by atoms with Crippen LogP contribution in [0.1, 0.15) is 71.3 Å². The number of phenols is 1. The van der Waals surface area contributed by atoms with Gasteiger partial charge in [0.2, 0.25) is 11.2 Å². The van der Waals surface area contributed by atoms with Gasteiger partial charge in [-0.25, -0.2) is 4.98 Å². The number of allylic oxidation sites excluding steroid dienone is 2. The molecule has 316 valence electrons. The fourth-order valence-electron chi connectivity index (χ4n) is 7.90. The summed E-state index contributed by atoms with van der Waals surface area (Å²) in [5.74, 6) is -5.58. The maximum absolute atomic E-state index is 14.6. The largest absolute Gasteiger partial charge is 0.507 e. The Morgan fingerprint density at radius 2 is 1.68 bits per heavy atom. The number of aliphatic hydroxyl groups excluding tert-OH is 2. The van der Waals surface area contributed by atoms with Crippen molar-refractivity contribution >= 4 is 45.7 Å². The second-order valence-corrected chi connectivity index (χ2v) is 16.0. The van der Waals surface area contributed by atoms with E-state index in [4.69, 9.17) is 23.9 Å². The number of aryl methyl sites for hydroxylation is 1. The van der Waals surface area contributed by atoms with Crippen molar-refractivity contribution in [2.75, 3.05) is 12.4 Å². The van der Waals surface area contributed by atoms with E-state index in [0.717, 1.165) is 0 Å². The summed E-state index contributed by atoms with van der Waals surface area (Å²) < 4.78 is 25.7. The van der Waals surface area contributed by atoms with E-state index < -0.39 is 76.9 Å². The average molecular weight is 814 g/mol. The van der Waals surface area contributed by atoms with Crippen molar-refractivity contribution in [2.45, 2.75) is 92.5 Å². The van der Waals surface area contributed by atoms with Gasteiger partial charge in [0, 0.05) is 75.1 Å². The molecule has 2 aromatic rings. The molecule has 14 heteroatoms. The first-order valence-electron chi connectivity index (χ1n) is 19.6. The van der Waals surface area contributed by atoms with Gasteiger partial charge in [-0.1, -0.05) is 58.1 Å². The lowest BCUT2D eigenvalue weighted by molar-refractivity contribution is -0.160. The number of carbonyl (C=O) groups excluding carboxylic acids is 3. The number of anilines is 1. The Balaban J connectivity index is 1.77. The van der Waals surface area contributed by atoms with E-state index in [1.807, 2.05) is 0 Å². The van der Waals surface area contributed by atoms with E-state index in [2.05, 4.69) is 5.32 Å². The zero-order chi connectivity index (χ0) is 43.7. The van der Waals surface area contributed by atoms with Gasteiger partial charge in [-0.15, -0.1) is 0 Å². The number of carbonyl (C=O) groups is 3. The lowest BCUT2D eigenvalue weighted by Crippen LogP contribution is -2.46. The van der Waals surface area contributed by atoms with Crippen LogP contribution in [0.25, 0.3) is 33.2 Å². The number of aromatic hydroxyl groups is 1. The van der Waals surface area contributed by atoms with Gasteiger partial charge in [0.05, 0.1) is 57.9 Å². The van der Waals surface area contributed by atoms with Crippen LogP contribution in [0, 0.1) is 30.6 Å². The molecular weight excluding hydrogens is 759 g/mol. The molecule has 4 N–H and O–H groups in total. The maximum Gasteiger partial charge on any atom is 0.302 e. The van der Waals surface area contributed by atoms with E-state index in [-0.39, 0.29) is 50.3 Å².